The molecule has 1 aromatic heterocycles. The van der Waals surface area contributed by atoms with Crippen LogP contribution >= 0.6 is 15.9 Å². The summed E-state index contributed by atoms with van der Waals surface area (Å²) in [5, 5.41) is 5.47. The minimum Gasteiger partial charge on any atom is -0.463 e. The van der Waals surface area contributed by atoms with Crippen LogP contribution in [0.25, 0.3) is 10.9 Å². The topological polar surface area (TPSA) is 129 Å². The van der Waals surface area contributed by atoms with Crippen LogP contribution in [0.5, 0.6) is 0 Å². The Hall–Kier alpha value is -3.21. The van der Waals surface area contributed by atoms with E-state index < -0.39 is 24.0 Å². The summed E-state index contributed by atoms with van der Waals surface area (Å²) in [5.74, 6) is -1.20. The Morgan fingerprint density at radius 1 is 1.26 bits per heavy atom. The molecule has 164 valence electrons. The monoisotopic (exact) mass is 492 g/mol. The highest BCUT2D eigenvalue weighted by molar-refractivity contribution is 9.10. The van der Waals surface area contributed by atoms with Crippen molar-refractivity contribution in [2.75, 3.05) is 13.2 Å². The highest BCUT2D eigenvalue weighted by atomic mass is 79.9. The number of esters is 2. The summed E-state index contributed by atoms with van der Waals surface area (Å²) in [6, 6.07) is 4.08. The second-order valence-corrected chi connectivity index (χ2v) is 7.66. The molecule has 2 aromatic rings. The van der Waals surface area contributed by atoms with E-state index in [9.17, 15) is 19.2 Å². The number of nitrogens with zero attached hydrogens (tertiary/aromatic N) is 2. The van der Waals surface area contributed by atoms with Crippen molar-refractivity contribution in [3.63, 3.8) is 0 Å². The highest BCUT2D eigenvalue weighted by Crippen LogP contribution is 2.16. The van der Waals surface area contributed by atoms with Crippen LogP contribution in [0.15, 0.2) is 45.1 Å². The van der Waals surface area contributed by atoms with Gasteiger partial charge in [0.1, 0.15) is 6.61 Å². The van der Waals surface area contributed by atoms with E-state index in [-0.39, 0.29) is 43.0 Å². The van der Waals surface area contributed by atoms with Crippen molar-refractivity contribution < 1.29 is 23.9 Å². The summed E-state index contributed by atoms with van der Waals surface area (Å²) in [4.78, 5) is 53.0. The molecule has 0 radical (unpaired) electrons. The summed E-state index contributed by atoms with van der Waals surface area (Å²) in [7, 11) is 0. The van der Waals surface area contributed by atoms with Crippen LogP contribution < -0.4 is 16.2 Å². The lowest BCUT2D eigenvalue weighted by molar-refractivity contribution is -0.144. The third kappa shape index (κ3) is 5.29. The zero-order valence-electron chi connectivity index (χ0n) is 16.9. The maximum absolute atomic E-state index is 12.6. The van der Waals surface area contributed by atoms with Gasteiger partial charge < -0.3 is 20.1 Å². The van der Waals surface area contributed by atoms with E-state index in [1.54, 1.807) is 32.0 Å². The van der Waals surface area contributed by atoms with Gasteiger partial charge in [-0.1, -0.05) is 15.9 Å². The number of urea groups is 1. The summed E-state index contributed by atoms with van der Waals surface area (Å²) < 4.78 is 12.3. The van der Waals surface area contributed by atoms with Crippen molar-refractivity contribution in [2.24, 2.45) is 0 Å². The van der Waals surface area contributed by atoms with Crippen LogP contribution in [0, 0.1) is 0 Å². The Bertz CT molecular complexity index is 1130. The van der Waals surface area contributed by atoms with Gasteiger partial charge in [0, 0.05) is 11.0 Å². The van der Waals surface area contributed by atoms with Crippen LogP contribution in [0.1, 0.15) is 20.3 Å². The number of benzene rings is 1. The molecule has 0 spiro atoms. The highest BCUT2D eigenvalue weighted by Gasteiger charge is 2.30. The third-order valence-electron chi connectivity index (χ3n) is 4.59. The van der Waals surface area contributed by atoms with E-state index in [4.69, 9.17) is 9.47 Å². The van der Waals surface area contributed by atoms with Gasteiger partial charge in [-0.2, -0.15) is 0 Å². The Kier molecular flexibility index (Phi) is 7.06. The summed E-state index contributed by atoms with van der Waals surface area (Å²) in [5.41, 5.74) is 0.638. The molecule has 2 amide bonds. The summed E-state index contributed by atoms with van der Waals surface area (Å²) in [6.45, 7) is 3.23. The lowest BCUT2D eigenvalue weighted by Crippen LogP contribution is -2.50. The van der Waals surface area contributed by atoms with Crippen molar-refractivity contribution >= 4 is 44.8 Å². The molecule has 0 bridgehead atoms. The fourth-order valence-electron chi connectivity index (χ4n) is 3.12. The van der Waals surface area contributed by atoms with Gasteiger partial charge in [-0.15, -0.1) is 0 Å². The van der Waals surface area contributed by atoms with Gasteiger partial charge in [0.15, 0.2) is 0 Å². The van der Waals surface area contributed by atoms with Gasteiger partial charge >= 0.3 is 18.0 Å². The largest absolute Gasteiger partial charge is 0.463 e. The standard InChI is InChI=1S/C20H21BrN4O6/c1-3-30-19(28)17-11(2)23-20(29)24-15(17)9-31-16(26)6-7-25-10-22-14-5-4-12(21)8-13(14)18(25)27/h4-5,8,10-11H,3,6-7,9H2,1-2H3,(H2,23,24,29). The number of nitrogens with one attached hydrogen (secondary N) is 2. The van der Waals surface area contributed by atoms with Crippen LogP contribution in [-0.4, -0.2) is 46.8 Å². The fraction of sp³-hybridized carbons (Fsp3) is 0.350. The maximum Gasteiger partial charge on any atom is 0.338 e. The zero-order valence-corrected chi connectivity index (χ0v) is 18.5. The van der Waals surface area contributed by atoms with E-state index in [2.05, 4.69) is 31.5 Å². The second-order valence-electron chi connectivity index (χ2n) is 6.75. The first kappa shape index (κ1) is 22.5. The number of carbonyl (C=O) groups is 3. The van der Waals surface area contributed by atoms with E-state index >= 15 is 0 Å². The molecule has 1 unspecified atom stereocenters. The minimum absolute atomic E-state index is 0.0707. The molecule has 0 saturated heterocycles. The van der Waals surface area contributed by atoms with Gasteiger partial charge in [0.2, 0.25) is 0 Å². The molecule has 10 nitrogen and oxygen atoms in total. The van der Waals surface area contributed by atoms with E-state index in [1.165, 1.54) is 10.9 Å². The smallest absolute Gasteiger partial charge is 0.338 e. The first-order valence-electron chi connectivity index (χ1n) is 9.58. The molecule has 2 N–H and O–H groups in total. The molecule has 1 atom stereocenters. The van der Waals surface area contributed by atoms with Gasteiger partial charge in [0.25, 0.3) is 5.56 Å². The third-order valence-corrected chi connectivity index (χ3v) is 5.08. The first-order valence-corrected chi connectivity index (χ1v) is 10.4. The number of carbonyl (C=O) groups excluding carboxylic acids is 3. The lowest BCUT2D eigenvalue weighted by atomic mass is 10.0. The van der Waals surface area contributed by atoms with Gasteiger partial charge in [-0.3, -0.25) is 14.2 Å². The number of ether oxygens (including phenoxy) is 2. The SMILES string of the molecule is CCOC(=O)C1=C(COC(=O)CCn2cnc3ccc(Br)cc3c2=O)NC(=O)NC1C. The Morgan fingerprint density at radius 2 is 2.03 bits per heavy atom. The van der Waals surface area contributed by atoms with E-state index in [0.717, 1.165) is 4.47 Å². The van der Waals surface area contributed by atoms with Crippen molar-refractivity contribution in [2.45, 2.75) is 32.9 Å². The Labute approximate surface area is 185 Å². The molecule has 0 saturated carbocycles. The fourth-order valence-corrected chi connectivity index (χ4v) is 3.48. The van der Waals surface area contributed by atoms with Crippen molar-refractivity contribution in [3.05, 3.63) is 50.6 Å². The van der Waals surface area contributed by atoms with E-state index in [1.807, 2.05) is 0 Å². The number of rotatable bonds is 7. The van der Waals surface area contributed by atoms with E-state index in [0.29, 0.717) is 10.9 Å². The normalized spacial score (nSPS) is 16.0. The molecule has 1 aliphatic heterocycles. The predicted molar refractivity (Wildman–Crippen MR) is 114 cm³/mol. The lowest BCUT2D eigenvalue weighted by Gasteiger charge is -2.26. The van der Waals surface area contributed by atoms with Gasteiger partial charge in [0.05, 0.1) is 47.6 Å². The van der Waals surface area contributed by atoms with Crippen molar-refractivity contribution in [1.29, 1.82) is 0 Å². The first-order chi connectivity index (χ1) is 14.8. The second kappa shape index (κ2) is 9.73. The molecule has 31 heavy (non-hydrogen) atoms. The number of halogens is 1. The van der Waals surface area contributed by atoms with Gasteiger partial charge in [-0.25, -0.2) is 14.6 Å². The number of aryl methyl sites for hydroxylation is 1. The van der Waals surface area contributed by atoms with Crippen LogP contribution in [-0.2, 0) is 25.6 Å². The quantitative estimate of drug-likeness (QED) is 0.561. The maximum atomic E-state index is 12.6. The molecule has 0 aliphatic carbocycles. The predicted octanol–water partition coefficient (Wildman–Crippen LogP) is 1.61. The number of fused-ring (bicyclic) bond motifs is 1. The number of hydrogen-bond donors (Lipinski definition) is 2. The molecule has 1 aliphatic rings. The number of hydrogen-bond acceptors (Lipinski definition) is 7. The van der Waals surface area contributed by atoms with Crippen molar-refractivity contribution in [1.82, 2.24) is 20.2 Å². The molecule has 1 aromatic carbocycles. The molecular weight excluding hydrogens is 472 g/mol. The van der Waals surface area contributed by atoms with Crippen molar-refractivity contribution in [3.8, 4) is 0 Å². The molecular formula is C20H21BrN4O6. The Balaban J connectivity index is 1.67. The number of aromatic nitrogens is 2. The molecule has 2 heterocycles. The van der Waals surface area contributed by atoms with Crippen LogP contribution in [0.3, 0.4) is 0 Å². The summed E-state index contributed by atoms with van der Waals surface area (Å²) in [6.07, 6.45) is 1.28. The number of amides is 2. The van der Waals surface area contributed by atoms with Crippen LogP contribution in [0.4, 0.5) is 4.79 Å². The van der Waals surface area contributed by atoms with Gasteiger partial charge in [-0.05, 0) is 32.0 Å². The zero-order chi connectivity index (χ0) is 22.5. The average Bonchev–Trinajstić information content (AvgIpc) is 2.71. The Morgan fingerprint density at radius 3 is 2.77 bits per heavy atom. The van der Waals surface area contributed by atoms with Crippen LogP contribution in [0.2, 0.25) is 0 Å². The minimum atomic E-state index is -0.603. The molecule has 0 fully saturated rings. The summed E-state index contributed by atoms with van der Waals surface area (Å²) >= 11 is 3.32. The molecule has 11 heteroatoms. The average molecular weight is 493 g/mol. The molecule has 3 rings (SSSR count).